The molecule has 5 heteroatoms. The van der Waals surface area contributed by atoms with E-state index in [1.165, 1.54) is 0 Å². The molecular formula is C12H27N3O2. The number of nitrogens with one attached hydrogen (secondary N) is 2. The maximum atomic E-state index is 11.5. The summed E-state index contributed by atoms with van der Waals surface area (Å²) in [5.41, 5.74) is 0. The molecule has 0 aromatic rings. The first-order valence-corrected chi connectivity index (χ1v) is 6.27. The van der Waals surface area contributed by atoms with Gasteiger partial charge in [0, 0.05) is 39.2 Å². The molecular weight excluding hydrogens is 218 g/mol. The molecule has 2 N–H and O–H groups in total. The third-order valence-electron chi connectivity index (χ3n) is 2.54. The van der Waals surface area contributed by atoms with Crippen LogP contribution in [0.5, 0.6) is 0 Å². The Morgan fingerprint density at radius 3 is 2.71 bits per heavy atom. The van der Waals surface area contributed by atoms with Gasteiger partial charge in [0.2, 0.25) is 5.91 Å². The third kappa shape index (κ3) is 10.2. The van der Waals surface area contributed by atoms with Crippen molar-refractivity contribution in [2.75, 3.05) is 46.9 Å². The van der Waals surface area contributed by atoms with Crippen LogP contribution in [0.25, 0.3) is 0 Å². The van der Waals surface area contributed by atoms with Crippen LogP contribution in [0.15, 0.2) is 0 Å². The van der Waals surface area contributed by atoms with Crippen molar-refractivity contribution >= 4 is 5.91 Å². The Morgan fingerprint density at radius 2 is 2.12 bits per heavy atom. The molecule has 0 saturated heterocycles. The lowest BCUT2D eigenvalue weighted by molar-refractivity contribution is -0.121. The van der Waals surface area contributed by atoms with Crippen LogP contribution in [0.1, 0.15) is 20.3 Å². The lowest BCUT2D eigenvalue weighted by Crippen LogP contribution is -2.37. The first-order valence-electron chi connectivity index (χ1n) is 6.27. The fraction of sp³-hybridized carbons (Fsp3) is 0.917. The number of amides is 1. The van der Waals surface area contributed by atoms with Crippen molar-refractivity contribution in [3.8, 4) is 0 Å². The number of ether oxygens (including phenoxy) is 1. The van der Waals surface area contributed by atoms with Crippen molar-refractivity contribution in [3.63, 3.8) is 0 Å². The second-order valence-electron chi connectivity index (χ2n) is 4.31. The monoisotopic (exact) mass is 245 g/mol. The Hall–Kier alpha value is -0.650. The lowest BCUT2D eigenvalue weighted by atomic mass is 10.2. The Labute approximate surface area is 105 Å². The van der Waals surface area contributed by atoms with Crippen LogP contribution < -0.4 is 10.6 Å². The van der Waals surface area contributed by atoms with Crippen molar-refractivity contribution in [2.45, 2.75) is 26.3 Å². The normalized spacial score (nSPS) is 12.8. The minimum atomic E-state index is 0.110. The molecule has 17 heavy (non-hydrogen) atoms. The average Bonchev–Trinajstić information content (AvgIpc) is 2.26. The number of carbonyl (C=O) groups excluding carboxylic acids is 1. The highest BCUT2D eigenvalue weighted by atomic mass is 16.5. The van der Waals surface area contributed by atoms with E-state index in [0.29, 0.717) is 13.0 Å². The van der Waals surface area contributed by atoms with Gasteiger partial charge in [-0.25, -0.2) is 0 Å². The molecule has 0 aliphatic heterocycles. The summed E-state index contributed by atoms with van der Waals surface area (Å²) in [5.74, 6) is 0.110. The molecule has 1 amide bonds. The molecule has 0 rings (SSSR count). The lowest BCUT2D eigenvalue weighted by Gasteiger charge is -2.17. The van der Waals surface area contributed by atoms with Crippen LogP contribution >= 0.6 is 0 Å². The molecule has 102 valence electrons. The maximum Gasteiger partial charge on any atom is 0.221 e. The molecule has 0 radical (unpaired) electrons. The van der Waals surface area contributed by atoms with Crippen molar-refractivity contribution in [1.29, 1.82) is 0 Å². The van der Waals surface area contributed by atoms with Gasteiger partial charge in [-0.05, 0) is 20.5 Å². The van der Waals surface area contributed by atoms with Gasteiger partial charge in [0.25, 0.3) is 0 Å². The zero-order valence-electron chi connectivity index (χ0n) is 11.6. The average molecular weight is 245 g/mol. The van der Waals surface area contributed by atoms with Gasteiger partial charge in [-0.1, -0.05) is 6.92 Å². The van der Waals surface area contributed by atoms with E-state index in [-0.39, 0.29) is 11.9 Å². The van der Waals surface area contributed by atoms with Crippen molar-refractivity contribution in [1.82, 2.24) is 15.5 Å². The summed E-state index contributed by atoms with van der Waals surface area (Å²) in [6.07, 6.45) is 0.537. The highest BCUT2D eigenvalue weighted by Crippen LogP contribution is 1.89. The van der Waals surface area contributed by atoms with E-state index in [1.54, 1.807) is 7.11 Å². The van der Waals surface area contributed by atoms with Gasteiger partial charge in [0.1, 0.15) is 0 Å². The van der Waals surface area contributed by atoms with Crippen molar-refractivity contribution in [3.05, 3.63) is 0 Å². The zero-order chi connectivity index (χ0) is 13.1. The number of methoxy groups -OCH3 is 1. The second kappa shape index (κ2) is 10.5. The van der Waals surface area contributed by atoms with Crippen LogP contribution in [0.3, 0.4) is 0 Å². The summed E-state index contributed by atoms with van der Waals surface area (Å²) in [6, 6.07) is 0.242. The molecule has 0 bridgehead atoms. The summed E-state index contributed by atoms with van der Waals surface area (Å²) in [7, 11) is 3.71. The summed E-state index contributed by atoms with van der Waals surface area (Å²) >= 11 is 0. The fourth-order valence-corrected chi connectivity index (χ4v) is 1.52. The minimum Gasteiger partial charge on any atom is -0.383 e. The molecule has 1 unspecified atom stereocenters. The molecule has 0 fully saturated rings. The Kier molecular flexibility index (Phi) is 10.1. The third-order valence-corrected chi connectivity index (χ3v) is 2.54. The Balaban J connectivity index is 3.50. The maximum absolute atomic E-state index is 11.5. The molecule has 0 aliphatic carbocycles. The second-order valence-corrected chi connectivity index (χ2v) is 4.31. The first kappa shape index (κ1) is 16.4. The summed E-state index contributed by atoms with van der Waals surface area (Å²) < 4.78 is 4.98. The molecule has 0 aromatic carbocycles. The SMILES string of the molecule is CCNC(C)CC(=O)NCCN(C)CCOC. The molecule has 5 nitrogen and oxygen atoms in total. The van der Waals surface area contributed by atoms with Gasteiger partial charge in [-0.15, -0.1) is 0 Å². The van der Waals surface area contributed by atoms with E-state index < -0.39 is 0 Å². The van der Waals surface area contributed by atoms with Crippen molar-refractivity contribution < 1.29 is 9.53 Å². The largest absolute Gasteiger partial charge is 0.383 e. The Morgan fingerprint density at radius 1 is 1.41 bits per heavy atom. The van der Waals surface area contributed by atoms with E-state index in [0.717, 1.165) is 26.2 Å². The van der Waals surface area contributed by atoms with Crippen LogP contribution in [-0.4, -0.2) is 63.8 Å². The van der Waals surface area contributed by atoms with Gasteiger partial charge in [-0.2, -0.15) is 0 Å². The Bertz CT molecular complexity index is 200. The highest BCUT2D eigenvalue weighted by molar-refractivity contribution is 5.76. The van der Waals surface area contributed by atoms with Gasteiger partial charge in [0.05, 0.1) is 6.61 Å². The smallest absolute Gasteiger partial charge is 0.221 e. The number of hydrogen-bond acceptors (Lipinski definition) is 4. The van der Waals surface area contributed by atoms with Gasteiger partial charge in [-0.3, -0.25) is 4.79 Å². The first-order chi connectivity index (χ1) is 8.10. The summed E-state index contributed by atoms with van der Waals surface area (Å²) in [6.45, 7) is 8.12. The van der Waals surface area contributed by atoms with Gasteiger partial charge < -0.3 is 20.3 Å². The molecule has 1 atom stereocenters. The quantitative estimate of drug-likeness (QED) is 0.572. The van der Waals surface area contributed by atoms with Crippen LogP contribution in [0.4, 0.5) is 0 Å². The number of likely N-dealkylation sites (N-methyl/N-ethyl adjacent to an activating group) is 1. The highest BCUT2D eigenvalue weighted by Gasteiger charge is 2.07. The molecule has 0 heterocycles. The number of nitrogens with zero attached hydrogens (tertiary/aromatic N) is 1. The zero-order valence-corrected chi connectivity index (χ0v) is 11.6. The minimum absolute atomic E-state index is 0.110. The predicted molar refractivity (Wildman–Crippen MR) is 70.1 cm³/mol. The van der Waals surface area contributed by atoms with Gasteiger partial charge >= 0.3 is 0 Å². The summed E-state index contributed by atoms with van der Waals surface area (Å²) in [4.78, 5) is 13.7. The van der Waals surface area contributed by atoms with Crippen LogP contribution in [0, 0.1) is 0 Å². The standard InChI is InChI=1S/C12H27N3O2/c1-5-13-11(2)10-12(16)14-6-7-15(3)8-9-17-4/h11,13H,5-10H2,1-4H3,(H,14,16). The predicted octanol–water partition coefficient (Wildman–Crippen LogP) is 0.0689. The number of carbonyl (C=O) groups is 1. The number of hydrogen-bond donors (Lipinski definition) is 2. The van der Waals surface area contributed by atoms with E-state index in [4.69, 9.17) is 4.74 Å². The van der Waals surface area contributed by atoms with E-state index in [1.807, 2.05) is 20.9 Å². The van der Waals surface area contributed by atoms with E-state index in [2.05, 4.69) is 15.5 Å². The summed E-state index contributed by atoms with van der Waals surface area (Å²) in [5, 5.41) is 6.13. The van der Waals surface area contributed by atoms with E-state index in [9.17, 15) is 4.79 Å². The van der Waals surface area contributed by atoms with Crippen molar-refractivity contribution in [2.24, 2.45) is 0 Å². The fourth-order valence-electron chi connectivity index (χ4n) is 1.52. The van der Waals surface area contributed by atoms with Crippen LogP contribution in [-0.2, 0) is 9.53 Å². The number of rotatable bonds is 10. The topological polar surface area (TPSA) is 53.6 Å². The molecule has 0 aliphatic rings. The molecule has 0 spiro atoms. The van der Waals surface area contributed by atoms with Crippen LogP contribution in [0.2, 0.25) is 0 Å². The van der Waals surface area contributed by atoms with Gasteiger partial charge in [0.15, 0.2) is 0 Å². The molecule has 0 saturated carbocycles. The van der Waals surface area contributed by atoms with E-state index >= 15 is 0 Å². The molecule has 0 aromatic heterocycles.